The highest BCUT2D eigenvalue weighted by Crippen LogP contribution is 2.53. The Morgan fingerprint density at radius 1 is 0.889 bits per heavy atom. The number of allylic oxidation sites excluding steroid dienone is 2. The number of rotatable bonds is 4. The number of hydrogen-bond acceptors (Lipinski definition) is 5. The Balaban J connectivity index is 1.17. The van der Waals surface area contributed by atoms with Gasteiger partial charge in [0.2, 0.25) is 17.7 Å². The van der Waals surface area contributed by atoms with Crippen LogP contribution in [0.5, 0.6) is 5.75 Å². The van der Waals surface area contributed by atoms with Gasteiger partial charge in [0, 0.05) is 18.7 Å². The molecule has 4 aliphatic rings. The van der Waals surface area contributed by atoms with Crippen molar-refractivity contribution in [2.45, 2.75) is 33.6 Å². The second-order valence-corrected chi connectivity index (χ2v) is 10.5. The van der Waals surface area contributed by atoms with Gasteiger partial charge in [-0.25, -0.2) is 4.90 Å². The highest BCUT2D eigenvalue weighted by Gasteiger charge is 2.59. The Morgan fingerprint density at radius 2 is 1.53 bits per heavy atom. The van der Waals surface area contributed by atoms with Gasteiger partial charge < -0.3 is 9.64 Å². The van der Waals surface area contributed by atoms with Gasteiger partial charge in [0.25, 0.3) is 0 Å². The molecule has 7 heteroatoms. The zero-order valence-electron chi connectivity index (χ0n) is 20.6. The Labute approximate surface area is 209 Å². The molecule has 1 saturated carbocycles. The lowest BCUT2D eigenvalue weighted by molar-refractivity contribution is -0.139. The number of imide groups is 1. The predicted molar refractivity (Wildman–Crippen MR) is 133 cm³/mol. The van der Waals surface area contributed by atoms with Crippen LogP contribution in [0.3, 0.4) is 0 Å². The van der Waals surface area contributed by atoms with Crippen LogP contribution < -0.4 is 14.5 Å². The van der Waals surface area contributed by atoms with Gasteiger partial charge in [0.1, 0.15) is 5.75 Å². The molecule has 7 nitrogen and oxygen atoms in total. The van der Waals surface area contributed by atoms with Gasteiger partial charge in [-0.15, -0.1) is 0 Å². The van der Waals surface area contributed by atoms with E-state index in [1.54, 1.807) is 30.0 Å². The van der Waals surface area contributed by atoms with E-state index in [1.165, 1.54) is 4.90 Å². The molecule has 36 heavy (non-hydrogen) atoms. The highest BCUT2D eigenvalue weighted by molar-refractivity contribution is 6.23. The Hall–Kier alpha value is -3.74. The number of amides is 3. The van der Waals surface area contributed by atoms with Crippen molar-refractivity contribution in [3.63, 3.8) is 0 Å². The summed E-state index contributed by atoms with van der Waals surface area (Å²) in [5, 5.41) is 0. The number of ether oxygens (including phenoxy) is 1. The summed E-state index contributed by atoms with van der Waals surface area (Å²) in [6, 6.07) is 10.8. The summed E-state index contributed by atoms with van der Waals surface area (Å²) < 4.78 is 5.65. The monoisotopic (exact) mass is 484 g/mol. The van der Waals surface area contributed by atoms with E-state index in [4.69, 9.17) is 4.74 Å². The van der Waals surface area contributed by atoms with E-state index < -0.39 is 11.9 Å². The lowest BCUT2D eigenvalue weighted by Crippen LogP contribution is -2.33. The maximum atomic E-state index is 13.2. The minimum Gasteiger partial charge on any atom is -0.426 e. The molecule has 2 aliphatic carbocycles. The summed E-state index contributed by atoms with van der Waals surface area (Å²) in [4.78, 5) is 55.0. The first-order valence-electron chi connectivity index (χ1n) is 12.5. The number of aryl methyl sites for hydroxylation is 3. The minimum absolute atomic E-state index is 0.0964. The normalized spacial score (nSPS) is 28.4. The fourth-order valence-corrected chi connectivity index (χ4v) is 6.59. The SMILES string of the molecule is Cc1cc(OC(=O)[C@@H]2CC(=O)N(c3c(C)cccc3C)C2)ccc1N1C(=O)[C@H]2[C@H](C1=O)[C@H]1C=C[C@H]2C1. The van der Waals surface area contributed by atoms with Crippen LogP contribution in [0.1, 0.15) is 29.5 Å². The smallest absolute Gasteiger partial charge is 0.316 e. The molecule has 2 bridgehead atoms. The van der Waals surface area contributed by atoms with Gasteiger partial charge in [-0.1, -0.05) is 30.4 Å². The number of fused-ring (bicyclic) bond motifs is 5. The third-order valence-electron chi connectivity index (χ3n) is 8.27. The fourth-order valence-electron chi connectivity index (χ4n) is 6.59. The van der Waals surface area contributed by atoms with Crippen LogP contribution in [0.2, 0.25) is 0 Å². The topological polar surface area (TPSA) is 84.0 Å². The number of benzene rings is 2. The van der Waals surface area contributed by atoms with Gasteiger partial charge in [-0.3, -0.25) is 19.2 Å². The van der Waals surface area contributed by atoms with E-state index in [-0.39, 0.29) is 54.4 Å². The molecule has 3 fully saturated rings. The largest absolute Gasteiger partial charge is 0.426 e. The van der Waals surface area contributed by atoms with Crippen molar-refractivity contribution >= 4 is 35.1 Å². The molecule has 2 aromatic carbocycles. The summed E-state index contributed by atoms with van der Waals surface area (Å²) in [6.45, 7) is 5.98. The Morgan fingerprint density at radius 3 is 2.14 bits per heavy atom. The maximum absolute atomic E-state index is 13.2. The van der Waals surface area contributed by atoms with E-state index in [1.807, 2.05) is 32.0 Å². The molecule has 0 aromatic heterocycles. The lowest BCUT2D eigenvalue weighted by Gasteiger charge is -2.21. The van der Waals surface area contributed by atoms with Crippen LogP contribution >= 0.6 is 0 Å². The van der Waals surface area contributed by atoms with Crippen LogP contribution in [0.15, 0.2) is 48.6 Å². The number of esters is 1. The minimum atomic E-state index is -0.569. The van der Waals surface area contributed by atoms with Crippen molar-refractivity contribution in [2.75, 3.05) is 16.3 Å². The summed E-state index contributed by atoms with van der Waals surface area (Å²) in [5.41, 5.74) is 4.05. The van der Waals surface area contributed by atoms with Gasteiger partial charge in [-0.2, -0.15) is 0 Å². The molecule has 2 aliphatic heterocycles. The van der Waals surface area contributed by atoms with Crippen molar-refractivity contribution in [1.82, 2.24) is 0 Å². The fraction of sp³-hybridized carbons (Fsp3) is 0.379. The molecular formula is C29H28N2O5. The van der Waals surface area contributed by atoms with E-state index >= 15 is 0 Å². The van der Waals surface area contributed by atoms with Gasteiger partial charge in [0.05, 0.1) is 23.4 Å². The van der Waals surface area contributed by atoms with Crippen molar-refractivity contribution in [1.29, 1.82) is 0 Å². The second-order valence-electron chi connectivity index (χ2n) is 10.5. The standard InChI is InChI=1S/C29H28N2O5/c1-15-5-4-6-16(2)26(15)30-14-20(13-23(30)32)29(35)36-21-9-10-22(17(3)11-21)31-27(33)24-18-7-8-19(12-18)25(24)28(31)34/h4-11,18-20,24-25H,12-14H2,1-3H3/t18-,19-,20+,24+,25+/m0/s1. The summed E-state index contributed by atoms with van der Waals surface area (Å²) in [5.74, 6) is -1.28. The lowest BCUT2D eigenvalue weighted by atomic mass is 9.85. The van der Waals surface area contributed by atoms with E-state index in [0.717, 1.165) is 23.2 Å². The third kappa shape index (κ3) is 3.33. The second kappa shape index (κ2) is 8.15. The molecule has 2 aromatic rings. The number of para-hydroxylation sites is 1. The molecular weight excluding hydrogens is 456 g/mol. The molecule has 6 rings (SSSR count). The predicted octanol–water partition coefficient (Wildman–Crippen LogP) is 3.88. The zero-order chi connectivity index (χ0) is 25.3. The molecule has 2 heterocycles. The molecule has 0 radical (unpaired) electrons. The zero-order valence-corrected chi connectivity index (χ0v) is 20.6. The van der Waals surface area contributed by atoms with Gasteiger partial charge in [0.15, 0.2) is 0 Å². The Bertz CT molecular complexity index is 1310. The molecule has 3 amide bonds. The summed E-state index contributed by atoms with van der Waals surface area (Å²) in [6.07, 6.45) is 5.13. The van der Waals surface area contributed by atoms with E-state index in [9.17, 15) is 19.2 Å². The van der Waals surface area contributed by atoms with Gasteiger partial charge >= 0.3 is 5.97 Å². The number of carbonyl (C=O) groups is 4. The number of anilines is 2. The van der Waals surface area contributed by atoms with E-state index in [0.29, 0.717) is 17.0 Å². The Kier molecular flexibility index (Phi) is 5.14. The van der Waals surface area contributed by atoms with Crippen LogP contribution in [-0.2, 0) is 19.2 Å². The molecule has 2 saturated heterocycles. The first-order valence-corrected chi connectivity index (χ1v) is 12.5. The quantitative estimate of drug-likeness (QED) is 0.285. The van der Waals surface area contributed by atoms with Crippen molar-refractivity contribution in [2.24, 2.45) is 29.6 Å². The van der Waals surface area contributed by atoms with Crippen molar-refractivity contribution in [3.8, 4) is 5.75 Å². The number of carbonyl (C=O) groups excluding carboxylic acids is 4. The molecule has 184 valence electrons. The maximum Gasteiger partial charge on any atom is 0.316 e. The van der Waals surface area contributed by atoms with E-state index in [2.05, 4.69) is 12.2 Å². The number of nitrogens with zero attached hydrogens (tertiary/aromatic N) is 2. The first-order chi connectivity index (χ1) is 17.2. The molecule has 0 unspecified atom stereocenters. The van der Waals surface area contributed by atoms with Crippen LogP contribution in [0.4, 0.5) is 11.4 Å². The average Bonchev–Trinajstić information content (AvgIpc) is 3.59. The third-order valence-corrected chi connectivity index (χ3v) is 8.27. The molecule has 0 spiro atoms. The highest BCUT2D eigenvalue weighted by atomic mass is 16.5. The summed E-state index contributed by atoms with van der Waals surface area (Å²) >= 11 is 0. The summed E-state index contributed by atoms with van der Waals surface area (Å²) in [7, 11) is 0. The van der Waals surface area contributed by atoms with Crippen LogP contribution in [0.25, 0.3) is 0 Å². The molecule has 0 N–H and O–H groups in total. The van der Waals surface area contributed by atoms with Crippen molar-refractivity contribution < 1.29 is 23.9 Å². The van der Waals surface area contributed by atoms with Gasteiger partial charge in [-0.05, 0) is 73.9 Å². The molecule has 5 atom stereocenters. The average molecular weight is 485 g/mol. The number of hydrogen-bond donors (Lipinski definition) is 0. The van der Waals surface area contributed by atoms with Crippen LogP contribution in [0, 0.1) is 50.4 Å². The van der Waals surface area contributed by atoms with Crippen LogP contribution in [-0.4, -0.2) is 30.2 Å². The van der Waals surface area contributed by atoms with Crippen molar-refractivity contribution in [3.05, 3.63) is 65.2 Å². The first kappa shape index (κ1) is 22.7.